The zero-order valence-corrected chi connectivity index (χ0v) is 14.8. The molecule has 1 atom stereocenters. The zero-order valence-electron chi connectivity index (χ0n) is 14.0. The van der Waals surface area contributed by atoms with Gasteiger partial charge in [0.15, 0.2) is 0 Å². The van der Waals surface area contributed by atoms with Crippen molar-refractivity contribution in [1.82, 2.24) is 4.90 Å². The van der Waals surface area contributed by atoms with Gasteiger partial charge in [-0.2, -0.15) is 0 Å². The van der Waals surface area contributed by atoms with E-state index in [1.807, 2.05) is 6.07 Å². The van der Waals surface area contributed by atoms with E-state index in [0.717, 1.165) is 31.4 Å². The van der Waals surface area contributed by atoms with Crippen LogP contribution in [0.25, 0.3) is 0 Å². The lowest BCUT2D eigenvalue weighted by atomic mass is 9.75. The molecule has 23 heavy (non-hydrogen) atoms. The van der Waals surface area contributed by atoms with Gasteiger partial charge in [-0.25, -0.2) is 0 Å². The molecule has 1 saturated heterocycles. The average molecular weight is 336 g/mol. The van der Waals surface area contributed by atoms with Crippen LogP contribution in [0.3, 0.4) is 0 Å². The molecular weight excluding hydrogens is 310 g/mol. The van der Waals surface area contributed by atoms with E-state index in [9.17, 15) is 9.90 Å². The fraction of sp³-hybridized carbons (Fsp3) is 0.632. The van der Waals surface area contributed by atoms with Crippen LogP contribution in [0.4, 0.5) is 0 Å². The summed E-state index contributed by atoms with van der Waals surface area (Å²) in [5.74, 6) is 0.494. The summed E-state index contributed by atoms with van der Waals surface area (Å²) in [7, 11) is 0. The van der Waals surface area contributed by atoms with Gasteiger partial charge in [0, 0.05) is 23.5 Å². The van der Waals surface area contributed by atoms with Crippen LogP contribution in [0, 0.1) is 11.3 Å². The number of amides is 1. The summed E-state index contributed by atoms with van der Waals surface area (Å²) >= 11 is 6.19. The molecule has 3 nitrogen and oxygen atoms in total. The van der Waals surface area contributed by atoms with Crippen LogP contribution in [0.15, 0.2) is 18.2 Å². The molecule has 1 heterocycles. The Hall–Kier alpha value is -1.22. The first kappa shape index (κ1) is 16.6. The Balaban J connectivity index is 1.63. The number of benzene rings is 1. The van der Waals surface area contributed by atoms with E-state index in [1.54, 1.807) is 12.1 Å². The number of carbonyl (C=O) groups excluding carboxylic acids is 1. The lowest BCUT2D eigenvalue weighted by molar-refractivity contribution is -0.133. The van der Waals surface area contributed by atoms with E-state index in [2.05, 4.69) is 18.7 Å². The molecule has 1 aromatic rings. The minimum atomic E-state index is 0.0342. The molecule has 0 aromatic heterocycles. The number of hydrogen-bond acceptors (Lipinski definition) is 2. The molecule has 1 aromatic carbocycles. The minimum absolute atomic E-state index is 0.0342. The highest BCUT2D eigenvalue weighted by atomic mass is 35.5. The molecule has 0 radical (unpaired) electrons. The van der Waals surface area contributed by atoms with Gasteiger partial charge < -0.3 is 10.0 Å². The third kappa shape index (κ3) is 3.65. The summed E-state index contributed by atoms with van der Waals surface area (Å²) in [5, 5.41) is 10.00. The lowest BCUT2D eigenvalue weighted by Gasteiger charge is -2.38. The Bertz CT molecular complexity index is 589. The number of rotatable bonds is 3. The molecule has 4 heteroatoms. The van der Waals surface area contributed by atoms with Crippen molar-refractivity contribution < 1.29 is 9.90 Å². The van der Waals surface area contributed by atoms with Crippen LogP contribution in [0.2, 0.25) is 5.02 Å². The topological polar surface area (TPSA) is 40.5 Å². The highest BCUT2D eigenvalue weighted by molar-refractivity contribution is 6.31. The maximum absolute atomic E-state index is 12.8. The fourth-order valence-electron chi connectivity index (χ4n) is 3.98. The predicted molar refractivity (Wildman–Crippen MR) is 92.7 cm³/mol. The van der Waals surface area contributed by atoms with Gasteiger partial charge in [-0.15, -0.1) is 0 Å². The number of aromatic hydroxyl groups is 1. The first-order valence-electron chi connectivity index (χ1n) is 8.64. The van der Waals surface area contributed by atoms with Gasteiger partial charge in [0.2, 0.25) is 5.91 Å². The molecule has 1 unspecified atom stereocenters. The van der Waals surface area contributed by atoms with E-state index in [-0.39, 0.29) is 11.7 Å². The van der Waals surface area contributed by atoms with Crippen molar-refractivity contribution in [3.63, 3.8) is 0 Å². The predicted octanol–water partition coefficient (Wildman–Crippen LogP) is 4.41. The Kier molecular flexibility index (Phi) is 4.59. The molecule has 126 valence electrons. The van der Waals surface area contributed by atoms with Gasteiger partial charge in [-0.05, 0) is 61.6 Å². The molecule has 0 spiro atoms. The molecule has 2 aliphatic rings. The third-order valence-corrected chi connectivity index (χ3v) is 5.96. The summed E-state index contributed by atoms with van der Waals surface area (Å²) in [6.45, 7) is 5.53. The molecule has 1 aliphatic heterocycles. The Labute approximate surface area is 143 Å². The van der Waals surface area contributed by atoms with Crippen molar-refractivity contribution in [3.05, 3.63) is 28.8 Å². The Morgan fingerprint density at radius 1 is 1.26 bits per heavy atom. The number of hydrogen-bond donors (Lipinski definition) is 1. The first-order chi connectivity index (χ1) is 10.9. The summed E-state index contributed by atoms with van der Waals surface area (Å²) in [4.78, 5) is 14.9. The summed E-state index contributed by atoms with van der Waals surface area (Å²) < 4.78 is 0. The second-order valence-electron chi connectivity index (χ2n) is 7.89. The molecule has 0 bridgehead atoms. The summed E-state index contributed by atoms with van der Waals surface area (Å²) in [5.41, 5.74) is 1.38. The van der Waals surface area contributed by atoms with E-state index >= 15 is 0 Å². The van der Waals surface area contributed by atoms with Crippen molar-refractivity contribution in [3.8, 4) is 5.75 Å². The van der Waals surface area contributed by atoms with Crippen molar-refractivity contribution in [2.75, 3.05) is 6.54 Å². The number of nitrogens with zero attached hydrogens (tertiary/aromatic N) is 1. The van der Waals surface area contributed by atoms with Crippen molar-refractivity contribution in [2.45, 2.75) is 58.4 Å². The third-order valence-electron chi connectivity index (χ3n) is 5.60. The largest absolute Gasteiger partial charge is 0.508 e. The molecule has 1 amide bonds. The zero-order chi connectivity index (χ0) is 16.6. The number of phenols is 1. The molecule has 1 saturated carbocycles. The lowest BCUT2D eigenvalue weighted by Crippen LogP contribution is -2.41. The van der Waals surface area contributed by atoms with Crippen LogP contribution in [0.1, 0.15) is 51.5 Å². The molecular formula is C19H26ClNO2. The summed E-state index contributed by atoms with van der Waals surface area (Å²) in [6.07, 6.45) is 6.26. The standard InChI is InChI=1S/C19H26ClNO2/c1-19(2)8-5-15(6-9-19)21-10-7-14(18(21)23)11-13-3-4-16(22)12-17(13)20/h3-4,12,14-15,22H,5-11H2,1-2H3. The van der Waals surface area contributed by atoms with Crippen LogP contribution in [0.5, 0.6) is 5.75 Å². The van der Waals surface area contributed by atoms with E-state index in [1.165, 1.54) is 12.8 Å². The maximum Gasteiger partial charge on any atom is 0.226 e. The molecule has 2 fully saturated rings. The van der Waals surface area contributed by atoms with E-state index in [4.69, 9.17) is 11.6 Å². The smallest absolute Gasteiger partial charge is 0.226 e. The highest BCUT2D eigenvalue weighted by Gasteiger charge is 2.38. The van der Waals surface area contributed by atoms with Crippen LogP contribution < -0.4 is 0 Å². The minimum Gasteiger partial charge on any atom is -0.508 e. The quantitative estimate of drug-likeness (QED) is 0.889. The highest BCUT2D eigenvalue weighted by Crippen LogP contribution is 2.39. The first-order valence-corrected chi connectivity index (χ1v) is 9.01. The van der Waals surface area contributed by atoms with E-state index < -0.39 is 0 Å². The van der Waals surface area contributed by atoms with Gasteiger partial charge in [0.05, 0.1) is 0 Å². The fourth-order valence-corrected chi connectivity index (χ4v) is 4.23. The molecule has 1 N–H and O–H groups in total. The van der Waals surface area contributed by atoms with Gasteiger partial charge in [-0.1, -0.05) is 31.5 Å². The van der Waals surface area contributed by atoms with Gasteiger partial charge >= 0.3 is 0 Å². The van der Waals surface area contributed by atoms with Crippen molar-refractivity contribution in [2.24, 2.45) is 11.3 Å². The van der Waals surface area contributed by atoms with Crippen LogP contribution in [-0.2, 0) is 11.2 Å². The monoisotopic (exact) mass is 335 g/mol. The number of carbonyl (C=O) groups is 1. The van der Waals surface area contributed by atoms with Gasteiger partial charge in [0.1, 0.15) is 5.75 Å². The second kappa shape index (κ2) is 6.35. The normalized spacial score (nSPS) is 25.1. The second-order valence-corrected chi connectivity index (χ2v) is 8.30. The number of phenolic OH excluding ortho intramolecular Hbond substituents is 1. The number of halogens is 1. The van der Waals surface area contributed by atoms with E-state index in [0.29, 0.717) is 28.8 Å². The van der Waals surface area contributed by atoms with Gasteiger partial charge in [-0.3, -0.25) is 4.79 Å². The average Bonchev–Trinajstić information content (AvgIpc) is 2.83. The Morgan fingerprint density at radius 2 is 1.96 bits per heavy atom. The van der Waals surface area contributed by atoms with Crippen molar-refractivity contribution >= 4 is 17.5 Å². The molecule has 3 rings (SSSR count). The number of likely N-dealkylation sites (tertiary alicyclic amines) is 1. The van der Waals surface area contributed by atoms with Gasteiger partial charge in [0.25, 0.3) is 0 Å². The van der Waals surface area contributed by atoms with Crippen LogP contribution in [-0.4, -0.2) is 28.5 Å². The van der Waals surface area contributed by atoms with Crippen LogP contribution >= 0.6 is 11.6 Å². The van der Waals surface area contributed by atoms with Crippen molar-refractivity contribution in [1.29, 1.82) is 0 Å². The Morgan fingerprint density at radius 3 is 2.61 bits per heavy atom. The maximum atomic E-state index is 12.8. The SMILES string of the molecule is CC1(C)CCC(N2CCC(Cc3ccc(O)cc3Cl)C2=O)CC1. The summed E-state index contributed by atoms with van der Waals surface area (Å²) in [6, 6.07) is 5.45. The molecule has 1 aliphatic carbocycles.